The molecule has 16 heteroatoms. The van der Waals surface area contributed by atoms with E-state index in [4.69, 9.17) is 10.3 Å². The number of carbonyl (C=O) groups is 1. The van der Waals surface area contributed by atoms with Gasteiger partial charge in [0, 0.05) is 28.3 Å². The number of hydrogen-bond donors (Lipinski definition) is 5. The van der Waals surface area contributed by atoms with Gasteiger partial charge in [-0.15, -0.1) is 0 Å². The number of phenolic OH excluding ortho intramolecular Hbond substituents is 1. The number of hydrogen-bond acceptors (Lipinski definition) is 9. The van der Waals surface area contributed by atoms with Gasteiger partial charge in [-0.2, -0.15) is 21.9 Å². The number of carbonyl (C=O) groups excluding carboxylic acids is 1. The van der Waals surface area contributed by atoms with E-state index >= 15 is 0 Å². The third-order valence-electron chi connectivity index (χ3n) is 3.89. The Hall–Kier alpha value is -0.741. The number of nitrogen functional groups attached to an aromatic ring is 1. The molecule has 0 spiro atoms. The molecule has 0 heterocycles. The van der Waals surface area contributed by atoms with Crippen LogP contribution < -0.4 is 70.3 Å². The number of nitrogens with one attached hydrogen (secondary N) is 1. The van der Waals surface area contributed by atoms with Crippen LogP contribution in [0.3, 0.4) is 0 Å². The Bertz CT molecular complexity index is 1330. The summed E-state index contributed by atoms with van der Waals surface area (Å²) in [5, 5.41) is 13.5. The topological polar surface area (TPSA) is 196 Å². The molecule has 6 N–H and O–H groups in total. The van der Waals surface area contributed by atoms with Gasteiger partial charge in [-0.05, 0) is 48.0 Å². The molecule has 0 unspecified atom stereocenters. The molecule has 163 valence electrons. The predicted molar refractivity (Wildman–Crippen MR) is 104 cm³/mol. The van der Waals surface area contributed by atoms with Crippen molar-refractivity contribution in [3.63, 3.8) is 0 Å². The quantitative estimate of drug-likeness (QED) is 0.0812. The molecule has 0 aromatic heterocycles. The summed E-state index contributed by atoms with van der Waals surface area (Å²) in [5.41, 5.74) is 7.21. The third kappa shape index (κ3) is 6.88. The number of rotatable bonds is 4. The van der Waals surface area contributed by atoms with Crippen molar-refractivity contribution in [2.45, 2.75) is 4.90 Å². The molecule has 0 aliphatic heterocycles. The van der Waals surface area contributed by atoms with Crippen LogP contribution in [0.1, 0.15) is 15.9 Å². The van der Waals surface area contributed by atoms with Gasteiger partial charge in [0.2, 0.25) is 5.78 Å². The van der Waals surface area contributed by atoms with Crippen molar-refractivity contribution in [1.29, 1.82) is 0 Å². The van der Waals surface area contributed by atoms with E-state index in [1.54, 1.807) is 0 Å². The van der Waals surface area contributed by atoms with Gasteiger partial charge in [0.05, 0.1) is 10.6 Å². The molecular weight excluding hydrogens is 536 g/mol. The minimum absolute atomic E-state index is 0. The van der Waals surface area contributed by atoms with E-state index in [0.29, 0.717) is 0 Å². The summed E-state index contributed by atoms with van der Waals surface area (Å²) in [6.07, 6.45) is 0.997. The van der Waals surface area contributed by atoms with Gasteiger partial charge in [0.25, 0.3) is 20.2 Å². The second-order valence-electron chi connectivity index (χ2n) is 5.89. The Kier molecular flexibility index (Phi) is 11.3. The van der Waals surface area contributed by atoms with Crippen molar-refractivity contribution < 1.29 is 112 Å². The third-order valence-corrected chi connectivity index (χ3v) is 5.60. The van der Waals surface area contributed by atoms with Crippen LogP contribution in [0.2, 0.25) is 0 Å². The molecule has 0 bridgehead atoms. The van der Waals surface area contributed by atoms with E-state index in [1.165, 1.54) is 18.2 Å². The van der Waals surface area contributed by atoms with Gasteiger partial charge in [-0.3, -0.25) is 19.3 Å². The molecule has 0 saturated heterocycles. The monoisotopic (exact) mass is 548 g/mol. The van der Waals surface area contributed by atoms with Crippen LogP contribution in [-0.4, -0.2) is 42.5 Å². The van der Waals surface area contributed by atoms with E-state index in [-0.39, 0.29) is 98.7 Å². The molecule has 0 saturated carbocycles. The summed E-state index contributed by atoms with van der Waals surface area (Å²) in [6, 6.07) is 6.76. The molecule has 3 rings (SSSR count). The first kappa shape index (κ1) is 31.3. The summed E-state index contributed by atoms with van der Waals surface area (Å²) in [6.45, 7) is 0. The number of ketones is 1. The van der Waals surface area contributed by atoms with E-state index in [0.717, 1.165) is 24.3 Å². The van der Waals surface area contributed by atoms with Crippen molar-refractivity contribution in [2.75, 3.05) is 11.2 Å². The maximum absolute atomic E-state index is 12.7. The second-order valence-corrected chi connectivity index (χ2v) is 8.70. The Morgan fingerprint density at radius 2 is 1.56 bits per heavy atom. The molecule has 0 fully saturated rings. The largest absolute Gasteiger partial charge is 1.00 e. The van der Waals surface area contributed by atoms with E-state index in [1.807, 2.05) is 0 Å². The molecule has 1 aliphatic rings. The first-order valence-corrected chi connectivity index (χ1v) is 10.5. The second kappa shape index (κ2) is 11.6. The summed E-state index contributed by atoms with van der Waals surface area (Å²) in [4.78, 5) is 11.3. The number of nitrogens with two attached hydrogens (primary N) is 1. The van der Waals surface area contributed by atoms with Crippen LogP contribution in [0.15, 0.2) is 51.3 Å². The molecule has 32 heavy (non-hydrogen) atoms. The van der Waals surface area contributed by atoms with Gasteiger partial charge in [-0.25, -0.2) is 0 Å². The fourth-order valence-corrected chi connectivity index (χ4v) is 3.71. The van der Waals surface area contributed by atoms with Crippen LogP contribution in [0.25, 0.3) is 6.08 Å². The zero-order valence-corrected chi connectivity index (χ0v) is 23.1. The van der Waals surface area contributed by atoms with Crippen molar-refractivity contribution in [3.8, 4) is 5.75 Å². The fourth-order valence-electron chi connectivity index (χ4n) is 2.54. The van der Waals surface area contributed by atoms with Gasteiger partial charge in [-0.1, -0.05) is 0 Å². The summed E-state index contributed by atoms with van der Waals surface area (Å²) >= 11 is 0. The van der Waals surface area contributed by atoms with Crippen molar-refractivity contribution in [3.05, 3.63) is 52.4 Å². The Morgan fingerprint density at radius 3 is 2.12 bits per heavy atom. The molecule has 0 atom stereocenters. The van der Waals surface area contributed by atoms with Crippen LogP contribution in [0.5, 0.6) is 5.75 Å². The van der Waals surface area contributed by atoms with Gasteiger partial charge in [0.1, 0.15) is 10.7 Å². The van der Waals surface area contributed by atoms with Crippen LogP contribution in [0.4, 0.5) is 11.4 Å². The smallest absolute Gasteiger partial charge is 0.506 e. The summed E-state index contributed by atoms with van der Waals surface area (Å²) in [5.74, 6) is -1.37. The summed E-state index contributed by atoms with van der Waals surface area (Å²) in [7, 11) is -9.48. The first-order valence-electron chi connectivity index (χ1n) is 7.66. The molecule has 2 aromatic carbocycles. The average Bonchev–Trinajstić information content (AvgIpc) is 2.60. The number of fused-ring (bicyclic) bond motifs is 1. The van der Waals surface area contributed by atoms with Crippen LogP contribution in [0, 0.1) is 0 Å². The van der Waals surface area contributed by atoms with Crippen molar-refractivity contribution >= 4 is 49.2 Å². The van der Waals surface area contributed by atoms with E-state index < -0.39 is 47.3 Å². The van der Waals surface area contributed by atoms with Crippen LogP contribution >= 0.6 is 0 Å². The first-order chi connectivity index (χ1) is 13.4. The molecule has 1 aliphatic carbocycles. The van der Waals surface area contributed by atoms with Crippen LogP contribution in [-0.2, 0) is 37.3 Å². The molecular formula is C16H13CuN3Na2O8S2+2. The minimum atomic E-state index is -4.88. The number of nitrogens with zero attached hydrogens (tertiary/aromatic N) is 1. The number of phenols is 1. The normalized spacial score (nSPS) is 14.2. The number of allylic oxidation sites excluding steroid dienone is 1. The standard InChI is InChI=1S/C16H13N3O8S2.Cu.2Na/c17-9-1-3-11-8(5-9)6-14(29(25,26)27)15(16(11)21)19-18-12-7-10(28(22,23)24)2-4-13(12)20;;;/h1-7,18,20H,17H2,(H,22,23,24)(H,25,26,27);;;/q;;2*+1. The average molecular weight is 549 g/mol. The summed E-state index contributed by atoms with van der Waals surface area (Å²) < 4.78 is 64.5. The van der Waals surface area contributed by atoms with E-state index in [9.17, 15) is 31.3 Å². The fraction of sp³-hybridized carbons (Fsp3) is 0. The molecule has 2 aromatic rings. The number of aromatic hydroxyl groups is 1. The Labute approximate surface area is 238 Å². The van der Waals surface area contributed by atoms with Gasteiger partial charge >= 0.3 is 59.1 Å². The SMILES string of the molecule is Nc1ccc2c(c1)C=C(S(=O)(=O)O)C(=NNc1cc(S(=O)(=O)O)ccc1O)C2=O.[Cu].[Na+].[Na+]. The predicted octanol–water partition coefficient (Wildman–Crippen LogP) is -4.88. The maximum atomic E-state index is 12.7. The number of Topliss-reactive ketones (excluding diaryl/α,β-unsaturated/α-hetero) is 1. The van der Waals surface area contributed by atoms with Crippen molar-refractivity contribution in [2.24, 2.45) is 5.10 Å². The molecule has 1 radical (unpaired) electrons. The minimum Gasteiger partial charge on any atom is -0.506 e. The Balaban J connectivity index is 0.00000320. The zero-order chi connectivity index (χ0) is 21.6. The Morgan fingerprint density at radius 1 is 0.938 bits per heavy atom. The zero-order valence-electron chi connectivity index (χ0n) is 16.6. The van der Waals surface area contributed by atoms with E-state index in [2.05, 4.69) is 10.5 Å². The molecule has 0 amide bonds. The number of hydrazone groups is 1. The maximum Gasteiger partial charge on any atom is 1.00 e. The van der Waals surface area contributed by atoms with Gasteiger partial charge in [0.15, 0.2) is 5.71 Å². The number of anilines is 2. The molecule has 11 nitrogen and oxygen atoms in total. The number of benzene rings is 2. The van der Waals surface area contributed by atoms with Gasteiger partial charge < -0.3 is 10.8 Å². The van der Waals surface area contributed by atoms with Crippen molar-refractivity contribution in [1.82, 2.24) is 0 Å².